The zero-order valence-corrected chi connectivity index (χ0v) is 21.0. The first-order valence-electron chi connectivity index (χ1n) is 11.8. The molecular formula is C28H32N2O3S. The lowest BCUT2D eigenvalue weighted by molar-refractivity contribution is 0.102. The zero-order valence-electron chi connectivity index (χ0n) is 20.2. The molecule has 34 heavy (non-hydrogen) atoms. The van der Waals surface area contributed by atoms with Gasteiger partial charge in [0.1, 0.15) is 0 Å². The van der Waals surface area contributed by atoms with Gasteiger partial charge in [0.2, 0.25) is 10.0 Å². The Kier molecular flexibility index (Phi) is 6.91. The van der Waals surface area contributed by atoms with Crippen molar-refractivity contribution in [2.75, 3.05) is 11.9 Å². The van der Waals surface area contributed by atoms with Crippen LogP contribution in [0.25, 0.3) is 0 Å². The molecule has 1 amide bonds. The van der Waals surface area contributed by atoms with E-state index in [9.17, 15) is 13.2 Å². The molecule has 0 aromatic heterocycles. The summed E-state index contributed by atoms with van der Waals surface area (Å²) in [5.74, 6) is 0.168. The van der Waals surface area contributed by atoms with Crippen LogP contribution >= 0.6 is 0 Å². The molecular weight excluding hydrogens is 444 g/mol. The van der Waals surface area contributed by atoms with E-state index in [1.807, 2.05) is 42.5 Å². The number of carbonyl (C=O) groups is 1. The Morgan fingerprint density at radius 1 is 0.853 bits per heavy atom. The Labute approximate surface area is 202 Å². The number of amides is 1. The van der Waals surface area contributed by atoms with Crippen LogP contribution in [0.5, 0.6) is 0 Å². The minimum Gasteiger partial charge on any atom is -0.321 e. The van der Waals surface area contributed by atoms with Gasteiger partial charge < -0.3 is 5.32 Å². The highest BCUT2D eigenvalue weighted by atomic mass is 32.2. The Balaban J connectivity index is 1.62. The van der Waals surface area contributed by atoms with Crippen LogP contribution in [-0.4, -0.2) is 25.2 Å². The second-order valence-electron chi connectivity index (χ2n) is 9.46. The first-order chi connectivity index (χ1) is 16.2. The van der Waals surface area contributed by atoms with E-state index in [-0.39, 0.29) is 22.6 Å². The second-order valence-corrected chi connectivity index (χ2v) is 11.4. The van der Waals surface area contributed by atoms with Crippen molar-refractivity contribution in [3.63, 3.8) is 0 Å². The molecule has 0 aliphatic carbocycles. The quantitative estimate of drug-likeness (QED) is 0.479. The van der Waals surface area contributed by atoms with Crippen molar-refractivity contribution in [2.24, 2.45) is 0 Å². The molecule has 6 heteroatoms. The highest BCUT2D eigenvalue weighted by molar-refractivity contribution is 7.89. The summed E-state index contributed by atoms with van der Waals surface area (Å²) >= 11 is 0. The van der Waals surface area contributed by atoms with Crippen LogP contribution in [0.1, 0.15) is 72.1 Å². The molecule has 0 radical (unpaired) electrons. The number of hydrogen-bond donors (Lipinski definition) is 1. The fourth-order valence-electron chi connectivity index (χ4n) is 4.50. The summed E-state index contributed by atoms with van der Waals surface area (Å²) in [7, 11) is -3.72. The smallest absolute Gasteiger partial charge is 0.255 e. The molecule has 1 aliphatic rings. The van der Waals surface area contributed by atoms with Crippen molar-refractivity contribution in [2.45, 2.75) is 57.4 Å². The second kappa shape index (κ2) is 9.72. The lowest BCUT2D eigenvalue weighted by atomic mass is 9.92. The monoisotopic (exact) mass is 476 g/mol. The number of anilines is 1. The molecule has 1 aliphatic heterocycles. The maximum atomic E-state index is 13.4. The van der Waals surface area contributed by atoms with Gasteiger partial charge in [-0.2, -0.15) is 4.31 Å². The Hall–Kier alpha value is -2.96. The minimum atomic E-state index is -3.72. The van der Waals surface area contributed by atoms with Crippen molar-refractivity contribution < 1.29 is 13.2 Å². The van der Waals surface area contributed by atoms with Gasteiger partial charge in [0.05, 0.1) is 4.90 Å². The molecule has 0 saturated carbocycles. The largest absolute Gasteiger partial charge is 0.321 e. The molecule has 3 aromatic carbocycles. The van der Waals surface area contributed by atoms with Gasteiger partial charge in [-0.1, -0.05) is 76.2 Å². The Morgan fingerprint density at radius 2 is 1.47 bits per heavy atom. The molecule has 0 atom stereocenters. The van der Waals surface area contributed by atoms with Gasteiger partial charge in [0, 0.05) is 24.3 Å². The normalized spacial score (nSPS) is 14.3. The van der Waals surface area contributed by atoms with Crippen molar-refractivity contribution >= 4 is 21.6 Å². The van der Waals surface area contributed by atoms with Crippen LogP contribution < -0.4 is 5.32 Å². The number of para-hydroxylation sites is 1. The predicted molar refractivity (Wildman–Crippen MR) is 137 cm³/mol. The van der Waals surface area contributed by atoms with Gasteiger partial charge >= 0.3 is 0 Å². The predicted octanol–water partition coefficient (Wildman–Crippen LogP) is 5.93. The van der Waals surface area contributed by atoms with Gasteiger partial charge in [0.25, 0.3) is 5.91 Å². The molecule has 0 spiro atoms. The number of nitrogens with zero attached hydrogens (tertiary/aromatic N) is 1. The Morgan fingerprint density at radius 3 is 2.12 bits per heavy atom. The molecule has 0 fully saturated rings. The summed E-state index contributed by atoms with van der Waals surface area (Å²) in [4.78, 5) is 13.4. The van der Waals surface area contributed by atoms with Crippen molar-refractivity contribution in [3.05, 3.63) is 94.5 Å². The molecule has 1 heterocycles. The molecule has 0 unspecified atom stereocenters. The maximum Gasteiger partial charge on any atom is 0.255 e. The standard InChI is InChI=1S/C28H32N2O3S/c1-19(2)25-13-8-14-26(20(3)4)27(25)29-28(31)22-11-7-12-24(17-22)34(32,33)30-16-15-21-9-5-6-10-23(21)18-30/h5-14,17,19-20H,15-16,18H2,1-4H3,(H,29,31). The number of fused-ring (bicyclic) bond motifs is 1. The Bertz CT molecular complexity index is 1290. The first kappa shape index (κ1) is 24.2. The number of nitrogens with one attached hydrogen (secondary N) is 1. The van der Waals surface area contributed by atoms with E-state index < -0.39 is 10.0 Å². The van der Waals surface area contributed by atoms with E-state index in [2.05, 4.69) is 33.0 Å². The number of rotatable bonds is 6. The zero-order chi connectivity index (χ0) is 24.5. The van der Waals surface area contributed by atoms with Crippen LogP contribution in [0.15, 0.2) is 71.6 Å². The topological polar surface area (TPSA) is 66.5 Å². The number of sulfonamides is 1. The lowest BCUT2D eigenvalue weighted by Crippen LogP contribution is -2.36. The van der Waals surface area contributed by atoms with Crippen LogP contribution in [0.2, 0.25) is 0 Å². The van der Waals surface area contributed by atoms with Crippen LogP contribution in [-0.2, 0) is 23.0 Å². The van der Waals surface area contributed by atoms with Crippen LogP contribution in [0.3, 0.4) is 0 Å². The summed E-state index contributed by atoms with van der Waals surface area (Å²) in [6, 6.07) is 20.3. The van der Waals surface area contributed by atoms with E-state index in [4.69, 9.17) is 0 Å². The third-order valence-electron chi connectivity index (χ3n) is 6.44. The van der Waals surface area contributed by atoms with E-state index in [1.165, 1.54) is 15.9 Å². The van der Waals surface area contributed by atoms with E-state index in [0.29, 0.717) is 25.1 Å². The average Bonchev–Trinajstić information content (AvgIpc) is 2.83. The molecule has 5 nitrogen and oxygen atoms in total. The third-order valence-corrected chi connectivity index (χ3v) is 8.28. The van der Waals surface area contributed by atoms with Gasteiger partial charge in [0.15, 0.2) is 0 Å². The first-order valence-corrected chi connectivity index (χ1v) is 13.2. The highest BCUT2D eigenvalue weighted by Gasteiger charge is 2.29. The van der Waals surface area contributed by atoms with Crippen molar-refractivity contribution in [1.82, 2.24) is 4.31 Å². The average molecular weight is 477 g/mol. The fourth-order valence-corrected chi connectivity index (χ4v) is 5.97. The fraction of sp³-hybridized carbons (Fsp3) is 0.321. The van der Waals surface area contributed by atoms with Gasteiger partial charge in [-0.05, 0) is 58.7 Å². The van der Waals surface area contributed by atoms with E-state index in [0.717, 1.165) is 22.4 Å². The molecule has 3 aromatic rings. The minimum absolute atomic E-state index is 0.140. The van der Waals surface area contributed by atoms with Crippen molar-refractivity contribution in [3.8, 4) is 0 Å². The van der Waals surface area contributed by atoms with E-state index in [1.54, 1.807) is 18.2 Å². The molecule has 178 valence electrons. The van der Waals surface area contributed by atoms with E-state index >= 15 is 0 Å². The van der Waals surface area contributed by atoms with Gasteiger partial charge in [-0.3, -0.25) is 4.79 Å². The summed E-state index contributed by atoms with van der Waals surface area (Å²) in [6.45, 7) is 9.15. The summed E-state index contributed by atoms with van der Waals surface area (Å²) < 4.78 is 28.3. The SMILES string of the molecule is CC(C)c1cccc(C(C)C)c1NC(=O)c1cccc(S(=O)(=O)N2CCc3ccccc3C2)c1. The summed E-state index contributed by atoms with van der Waals surface area (Å²) in [6.07, 6.45) is 0.680. The third kappa shape index (κ3) is 4.79. The number of benzene rings is 3. The lowest BCUT2D eigenvalue weighted by Gasteiger charge is -2.28. The maximum absolute atomic E-state index is 13.4. The summed E-state index contributed by atoms with van der Waals surface area (Å²) in [5, 5.41) is 3.08. The van der Waals surface area contributed by atoms with Crippen LogP contribution in [0.4, 0.5) is 5.69 Å². The molecule has 0 saturated heterocycles. The number of hydrogen-bond acceptors (Lipinski definition) is 3. The van der Waals surface area contributed by atoms with Crippen LogP contribution in [0, 0.1) is 0 Å². The highest BCUT2D eigenvalue weighted by Crippen LogP contribution is 2.33. The molecule has 0 bridgehead atoms. The van der Waals surface area contributed by atoms with Crippen molar-refractivity contribution in [1.29, 1.82) is 0 Å². The summed E-state index contributed by atoms with van der Waals surface area (Å²) in [5.41, 5.74) is 5.49. The van der Waals surface area contributed by atoms with Gasteiger partial charge in [-0.25, -0.2) is 8.42 Å². The molecule has 1 N–H and O–H groups in total. The number of carbonyl (C=O) groups excluding carboxylic acids is 1. The molecule has 4 rings (SSSR count). The van der Waals surface area contributed by atoms with Gasteiger partial charge in [-0.15, -0.1) is 0 Å².